The first kappa shape index (κ1) is 16.0. The summed E-state index contributed by atoms with van der Waals surface area (Å²) in [5.74, 6) is -5.78. The summed E-state index contributed by atoms with van der Waals surface area (Å²) < 4.78 is 39.2. The van der Waals surface area contributed by atoms with E-state index in [9.17, 15) is 22.8 Å². The lowest BCUT2D eigenvalue weighted by Gasteiger charge is -2.07. The lowest BCUT2D eigenvalue weighted by Crippen LogP contribution is -2.34. The van der Waals surface area contributed by atoms with Crippen LogP contribution in [0.15, 0.2) is 29.6 Å². The highest BCUT2D eigenvalue weighted by atomic mass is 32.1. The van der Waals surface area contributed by atoms with Gasteiger partial charge in [0.05, 0.1) is 10.4 Å². The van der Waals surface area contributed by atoms with Crippen molar-refractivity contribution >= 4 is 23.2 Å². The number of hydrogen-bond donors (Lipinski definition) is 2. The zero-order chi connectivity index (χ0) is 16.1. The van der Waals surface area contributed by atoms with E-state index in [0.29, 0.717) is 10.9 Å². The molecule has 0 aliphatic carbocycles. The molecule has 0 aliphatic rings. The van der Waals surface area contributed by atoms with Gasteiger partial charge in [0.25, 0.3) is 11.8 Å². The summed E-state index contributed by atoms with van der Waals surface area (Å²) in [6.45, 7) is 0.141. The molecule has 0 bridgehead atoms. The molecule has 116 valence electrons. The molecule has 4 nitrogen and oxygen atoms in total. The summed E-state index contributed by atoms with van der Waals surface area (Å²) in [5.41, 5.74) is -0.594. The van der Waals surface area contributed by atoms with E-state index in [-0.39, 0.29) is 19.0 Å². The van der Waals surface area contributed by atoms with Crippen LogP contribution in [0.25, 0.3) is 0 Å². The van der Waals surface area contributed by atoms with Gasteiger partial charge in [-0.2, -0.15) is 0 Å². The van der Waals surface area contributed by atoms with Crippen LogP contribution in [0.4, 0.5) is 13.2 Å². The molecule has 0 radical (unpaired) electrons. The third kappa shape index (κ3) is 3.64. The van der Waals surface area contributed by atoms with Crippen molar-refractivity contribution in [2.24, 2.45) is 0 Å². The molecule has 0 saturated heterocycles. The molecule has 0 fully saturated rings. The zero-order valence-corrected chi connectivity index (χ0v) is 12.0. The Morgan fingerprint density at radius 3 is 2.27 bits per heavy atom. The maximum atomic E-state index is 13.4. The van der Waals surface area contributed by atoms with Gasteiger partial charge in [-0.15, -0.1) is 11.3 Å². The SMILES string of the molecule is O=C(NCCNC(=O)c1ccc(F)c(F)c1F)c1cccs1. The van der Waals surface area contributed by atoms with Crippen LogP contribution in [0.2, 0.25) is 0 Å². The summed E-state index contributed by atoms with van der Waals surface area (Å²) in [5, 5.41) is 6.62. The van der Waals surface area contributed by atoms with Crippen molar-refractivity contribution in [3.63, 3.8) is 0 Å². The van der Waals surface area contributed by atoms with Gasteiger partial charge in [0.2, 0.25) is 0 Å². The number of rotatable bonds is 5. The molecule has 0 atom stereocenters. The van der Waals surface area contributed by atoms with E-state index in [0.717, 1.165) is 6.07 Å². The van der Waals surface area contributed by atoms with Crippen molar-refractivity contribution in [3.8, 4) is 0 Å². The molecule has 0 aliphatic heterocycles. The van der Waals surface area contributed by atoms with Gasteiger partial charge >= 0.3 is 0 Å². The van der Waals surface area contributed by atoms with E-state index < -0.39 is 28.9 Å². The van der Waals surface area contributed by atoms with E-state index in [1.165, 1.54) is 11.3 Å². The van der Waals surface area contributed by atoms with Crippen molar-refractivity contribution in [2.75, 3.05) is 13.1 Å². The highest BCUT2D eigenvalue weighted by Gasteiger charge is 2.18. The quantitative estimate of drug-likeness (QED) is 0.654. The maximum absolute atomic E-state index is 13.4. The molecular formula is C14H11F3N2O2S. The number of nitrogens with one attached hydrogen (secondary N) is 2. The normalized spacial score (nSPS) is 10.3. The van der Waals surface area contributed by atoms with Gasteiger partial charge in [0.1, 0.15) is 0 Å². The minimum Gasteiger partial charge on any atom is -0.350 e. The second-order valence-corrected chi connectivity index (χ2v) is 5.16. The van der Waals surface area contributed by atoms with Crippen molar-refractivity contribution in [2.45, 2.75) is 0 Å². The summed E-state index contributed by atoms with van der Waals surface area (Å²) in [6.07, 6.45) is 0. The topological polar surface area (TPSA) is 58.2 Å². The van der Waals surface area contributed by atoms with Gasteiger partial charge in [0.15, 0.2) is 17.5 Å². The van der Waals surface area contributed by atoms with Gasteiger partial charge < -0.3 is 10.6 Å². The Labute approximate surface area is 128 Å². The van der Waals surface area contributed by atoms with Gasteiger partial charge in [-0.25, -0.2) is 13.2 Å². The molecule has 0 unspecified atom stereocenters. The molecule has 1 aromatic carbocycles. The Morgan fingerprint density at radius 1 is 0.955 bits per heavy atom. The Hall–Kier alpha value is -2.35. The first-order valence-electron chi connectivity index (χ1n) is 6.24. The number of benzene rings is 1. The van der Waals surface area contributed by atoms with Crippen LogP contribution in [-0.4, -0.2) is 24.9 Å². The predicted molar refractivity (Wildman–Crippen MR) is 75.3 cm³/mol. The fourth-order valence-electron chi connectivity index (χ4n) is 1.64. The van der Waals surface area contributed by atoms with Crippen LogP contribution in [0.5, 0.6) is 0 Å². The molecular weight excluding hydrogens is 317 g/mol. The van der Waals surface area contributed by atoms with Crippen molar-refractivity contribution < 1.29 is 22.8 Å². The molecule has 2 N–H and O–H groups in total. The van der Waals surface area contributed by atoms with Crippen molar-refractivity contribution in [3.05, 3.63) is 57.5 Å². The number of carbonyl (C=O) groups is 2. The highest BCUT2D eigenvalue weighted by molar-refractivity contribution is 7.12. The van der Waals surface area contributed by atoms with Crippen LogP contribution in [0.3, 0.4) is 0 Å². The molecule has 8 heteroatoms. The lowest BCUT2D eigenvalue weighted by molar-refractivity contribution is 0.0926. The highest BCUT2D eigenvalue weighted by Crippen LogP contribution is 2.14. The zero-order valence-electron chi connectivity index (χ0n) is 11.2. The number of thiophene rings is 1. The average Bonchev–Trinajstić information content (AvgIpc) is 3.03. The number of amides is 2. The minimum atomic E-state index is -1.70. The number of hydrogen-bond acceptors (Lipinski definition) is 3. The molecule has 2 aromatic rings. The number of carbonyl (C=O) groups excluding carboxylic acids is 2. The molecule has 22 heavy (non-hydrogen) atoms. The average molecular weight is 328 g/mol. The van der Waals surface area contributed by atoms with Crippen molar-refractivity contribution in [1.82, 2.24) is 10.6 Å². The predicted octanol–water partition coefficient (Wildman–Crippen LogP) is 2.33. The molecule has 2 rings (SSSR count). The van der Waals surface area contributed by atoms with Crippen LogP contribution in [-0.2, 0) is 0 Å². The van der Waals surface area contributed by atoms with E-state index in [1.807, 2.05) is 0 Å². The fourth-order valence-corrected chi connectivity index (χ4v) is 2.28. The third-order valence-corrected chi connectivity index (χ3v) is 3.59. The van der Waals surface area contributed by atoms with Gasteiger partial charge in [-0.3, -0.25) is 9.59 Å². The van der Waals surface area contributed by atoms with E-state index in [4.69, 9.17) is 0 Å². The van der Waals surface area contributed by atoms with E-state index in [1.54, 1.807) is 17.5 Å². The van der Waals surface area contributed by atoms with E-state index in [2.05, 4.69) is 10.6 Å². The molecule has 1 aromatic heterocycles. The number of halogens is 3. The second kappa shape index (κ2) is 7.08. The standard InChI is InChI=1S/C14H11F3N2O2S/c15-9-4-3-8(11(16)12(9)17)13(20)18-5-6-19-14(21)10-2-1-7-22-10/h1-4,7H,5-6H2,(H,18,20)(H,19,21). The van der Waals surface area contributed by atoms with E-state index >= 15 is 0 Å². The van der Waals surface area contributed by atoms with Crippen LogP contribution >= 0.6 is 11.3 Å². The smallest absolute Gasteiger partial charge is 0.261 e. The van der Waals surface area contributed by atoms with Gasteiger partial charge in [-0.05, 0) is 23.6 Å². The monoisotopic (exact) mass is 328 g/mol. The summed E-state index contributed by atoms with van der Waals surface area (Å²) in [4.78, 5) is 23.8. The fraction of sp³-hybridized carbons (Fsp3) is 0.143. The minimum absolute atomic E-state index is 0.0222. The molecule has 2 amide bonds. The Kier molecular flexibility index (Phi) is 5.16. The van der Waals surface area contributed by atoms with Gasteiger partial charge in [0, 0.05) is 13.1 Å². The van der Waals surface area contributed by atoms with Gasteiger partial charge in [-0.1, -0.05) is 6.07 Å². The maximum Gasteiger partial charge on any atom is 0.261 e. The van der Waals surface area contributed by atoms with Crippen LogP contribution in [0, 0.1) is 17.5 Å². The Balaban J connectivity index is 1.84. The first-order chi connectivity index (χ1) is 10.5. The molecule has 1 heterocycles. The summed E-state index contributed by atoms with van der Waals surface area (Å²) in [7, 11) is 0. The summed E-state index contributed by atoms with van der Waals surface area (Å²) >= 11 is 1.27. The second-order valence-electron chi connectivity index (χ2n) is 4.21. The Bertz CT molecular complexity index is 690. The third-order valence-electron chi connectivity index (χ3n) is 2.72. The van der Waals surface area contributed by atoms with Crippen molar-refractivity contribution in [1.29, 1.82) is 0 Å². The molecule has 0 spiro atoms. The summed E-state index contributed by atoms with van der Waals surface area (Å²) in [6, 6.07) is 4.90. The lowest BCUT2D eigenvalue weighted by atomic mass is 10.2. The van der Waals surface area contributed by atoms with Crippen LogP contribution < -0.4 is 10.6 Å². The Morgan fingerprint density at radius 2 is 1.64 bits per heavy atom. The molecule has 0 saturated carbocycles. The first-order valence-corrected chi connectivity index (χ1v) is 7.12. The van der Waals surface area contributed by atoms with Crippen LogP contribution in [0.1, 0.15) is 20.0 Å². The largest absolute Gasteiger partial charge is 0.350 e.